The van der Waals surface area contributed by atoms with Gasteiger partial charge in [-0.25, -0.2) is 0 Å². The van der Waals surface area contributed by atoms with E-state index in [2.05, 4.69) is 15.6 Å². The van der Waals surface area contributed by atoms with Crippen LogP contribution in [0.1, 0.15) is 32.7 Å². The van der Waals surface area contributed by atoms with Crippen molar-refractivity contribution in [3.63, 3.8) is 0 Å². The van der Waals surface area contributed by atoms with Crippen molar-refractivity contribution in [3.8, 4) is 5.75 Å². The van der Waals surface area contributed by atoms with Crippen LogP contribution in [0.25, 0.3) is 0 Å². The summed E-state index contributed by atoms with van der Waals surface area (Å²) in [6.07, 6.45) is 3.79. The Morgan fingerprint density at radius 3 is 1.97 bits per heavy atom. The molecule has 6 nitrogen and oxygen atoms in total. The van der Waals surface area contributed by atoms with E-state index >= 15 is 0 Å². The molecule has 0 saturated heterocycles. The zero-order chi connectivity index (χ0) is 20.3. The Bertz CT molecular complexity index is 913. The Morgan fingerprint density at radius 1 is 0.759 bits per heavy atom. The van der Waals surface area contributed by atoms with Gasteiger partial charge in [0.15, 0.2) is 0 Å². The lowest BCUT2D eigenvalue weighted by molar-refractivity contribution is 0.0951. The molecular weight excluding hydrogens is 366 g/mol. The molecule has 0 aliphatic rings. The third-order valence-electron chi connectivity index (χ3n) is 4.23. The molecule has 1 aromatic heterocycles. The summed E-state index contributed by atoms with van der Waals surface area (Å²) in [6.45, 7) is 1.44. The van der Waals surface area contributed by atoms with Gasteiger partial charge in [-0.3, -0.25) is 14.6 Å². The monoisotopic (exact) mass is 389 g/mol. The summed E-state index contributed by atoms with van der Waals surface area (Å²) in [5, 5.41) is 5.66. The third-order valence-corrected chi connectivity index (χ3v) is 4.23. The average molecular weight is 389 g/mol. The predicted molar refractivity (Wildman–Crippen MR) is 111 cm³/mol. The zero-order valence-electron chi connectivity index (χ0n) is 16.0. The number of pyridine rings is 1. The molecule has 2 aromatic carbocycles. The summed E-state index contributed by atoms with van der Waals surface area (Å²) in [7, 11) is 0. The van der Waals surface area contributed by atoms with E-state index in [-0.39, 0.29) is 11.8 Å². The fourth-order valence-electron chi connectivity index (χ4n) is 2.64. The van der Waals surface area contributed by atoms with Crippen molar-refractivity contribution in [1.82, 2.24) is 15.6 Å². The molecule has 6 heteroatoms. The minimum atomic E-state index is -0.153. The molecule has 0 fully saturated rings. The average Bonchev–Trinajstić information content (AvgIpc) is 2.79. The number of nitrogens with zero attached hydrogens (tertiary/aromatic N) is 1. The minimum absolute atomic E-state index is 0.148. The number of hydrogen-bond donors (Lipinski definition) is 2. The maximum atomic E-state index is 12.2. The quantitative estimate of drug-likeness (QED) is 0.551. The number of hydrogen-bond acceptors (Lipinski definition) is 4. The van der Waals surface area contributed by atoms with Gasteiger partial charge in [0.2, 0.25) is 0 Å². The van der Waals surface area contributed by atoms with Crippen LogP contribution < -0.4 is 15.4 Å². The van der Waals surface area contributed by atoms with E-state index in [0.29, 0.717) is 43.0 Å². The van der Waals surface area contributed by atoms with Crippen LogP contribution in [0.15, 0.2) is 79.1 Å². The highest BCUT2D eigenvalue weighted by Gasteiger charge is 2.06. The first-order valence-corrected chi connectivity index (χ1v) is 9.45. The van der Waals surface area contributed by atoms with Gasteiger partial charge in [-0.05, 0) is 48.4 Å². The Morgan fingerprint density at radius 2 is 1.34 bits per heavy atom. The van der Waals surface area contributed by atoms with Crippen molar-refractivity contribution in [3.05, 3.63) is 95.8 Å². The molecule has 0 radical (unpaired) electrons. The number of rotatable bonds is 9. The molecule has 1 heterocycles. The molecule has 3 aromatic rings. The molecule has 0 aliphatic carbocycles. The number of carbonyl (C=O) groups excluding carboxylic acids is 2. The minimum Gasteiger partial charge on any atom is -0.489 e. The first-order chi connectivity index (χ1) is 14.2. The van der Waals surface area contributed by atoms with E-state index in [4.69, 9.17) is 4.74 Å². The number of aromatic nitrogens is 1. The van der Waals surface area contributed by atoms with Crippen LogP contribution in [0.3, 0.4) is 0 Å². The highest BCUT2D eigenvalue weighted by atomic mass is 16.5. The fraction of sp³-hybridized carbons (Fsp3) is 0.174. The van der Waals surface area contributed by atoms with Gasteiger partial charge in [-0.2, -0.15) is 0 Å². The molecule has 0 spiro atoms. The maximum absolute atomic E-state index is 12.2. The molecule has 0 bridgehead atoms. The lowest BCUT2D eigenvalue weighted by Gasteiger charge is -2.09. The van der Waals surface area contributed by atoms with Crippen LogP contribution in [0.4, 0.5) is 0 Å². The van der Waals surface area contributed by atoms with Gasteiger partial charge >= 0.3 is 0 Å². The summed E-state index contributed by atoms with van der Waals surface area (Å²) in [4.78, 5) is 28.0. The van der Waals surface area contributed by atoms with Gasteiger partial charge in [0.05, 0.1) is 0 Å². The number of benzene rings is 2. The molecule has 0 aliphatic heterocycles. The lowest BCUT2D eigenvalue weighted by atomic mass is 10.2. The van der Waals surface area contributed by atoms with Crippen LogP contribution in [-0.2, 0) is 6.61 Å². The Balaban J connectivity index is 1.35. The van der Waals surface area contributed by atoms with Gasteiger partial charge < -0.3 is 15.4 Å². The van der Waals surface area contributed by atoms with E-state index in [9.17, 15) is 9.59 Å². The second-order valence-electron chi connectivity index (χ2n) is 6.40. The van der Waals surface area contributed by atoms with Crippen LogP contribution in [0.5, 0.6) is 5.75 Å². The van der Waals surface area contributed by atoms with Crippen molar-refractivity contribution < 1.29 is 14.3 Å². The largest absolute Gasteiger partial charge is 0.489 e. The topological polar surface area (TPSA) is 80.3 Å². The third kappa shape index (κ3) is 6.46. The highest BCUT2D eigenvalue weighted by molar-refractivity contribution is 5.94. The first-order valence-electron chi connectivity index (χ1n) is 9.45. The Kier molecular flexibility index (Phi) is 7.34. The van der Waals surface area contributed by atoms with Crippen LogP contribution in [0.2, 0.25) is 0 Å². The molecule has 2 N–H and O–H groups in total. The normalized spacial score (nSPS) is 10.2. The molecule has 0 atom stereocenters. The van der Waals surface area contributed by atoms with E-state index in [1.807, 2.05) is 30.3 Å². The van der Waals surface area contributed by atoms with Crippen molar-refractivity contribution in [2.75, 3.05) is 13.1 Å². The van der Waals surface area contributed by atoms with Gasteiger partial charge in [-0.1, -0.05) is 30.3 Å². The first kappa shape index (κ1) is 20.1. The summed E-state index contributed by atoms with van der Waals surface area (Å²) < 4.78 is 5.72. The molecule has 29 heavy (non-hydrogen) atoms. The number of carbonyl (C=O) groups is 2. The molecule has 0 saturated carbocycles. The van der Waals surface area contributed by atoms with E-state index in [1.165, 1.54) is 0 Å². The predicted octanol–water partition coefficient (Wildman–Crippen LogP) is 3.21. The highest BCUT2D eigenvalue weighted by Crippen LogP contribution is 2.14. The number of amides is 2. The van der Waals surface area contributed by atoms with Crippen molar-refractivity contribution in [2.45, 2.75) is 13.0 Å². The summed E-state index contributed by atoms with van der Waals surface area (Å²) in [5.74, 6) is 0.411. The summed E-state index contributed by atoms with van der Waals surface area (Å²) >= 11 is 0. The molecule has 3 rings (SSSR count). The van der Waals surface area contributed by atoms with Crippen LogP contribution in [-0.4, -0.2) is 29.9 Å². The second kappa shape index (κ2) is 10.6. The number of nitrogens with one attached hydrogen (secondary N) is 2. The lowest BCUT2D eigenvalue weighted by Crippen LogP contribution is -2.29. The van der Waals surface area contributed by atoms with E-state index in [0.717, 1.165) is 5.56 Å². The maximum Gasteiger partial charge on any atom is 0.251 e. The SMILES string of the molecule is O=C(NCCCNC(=O)c1ccc(OCc2ccccc2)cc1)c1ccncc1. The molecule has 0 unspecified atom stereocenters. The van der Waals surface area contributed by atoms with Crippen LogP contribution in [0, 0.1) is 0 Å². The van der Waals surface area contributed by atoms with Crippen molar-refractivity contribution in [2.24, 2.45) is 0 Å². The number of ether oxygens (including phenoxy) is 1. The van der Waals surface area contributed by atoms with Crippen LogP contribution >= 0.6 is 0 Å². The Hall–Kier alpha value is -3.67. The molecular formula is C23H23N3O3. The fourth-order valence-corrected chi connectivity index (χ4v) is 2.64. The zero-order valence-corrected chi connectivity index (χ0v) is 16.0. The second-order valence-corrected chi connectivity index (χ2v) is 6.40. The molecule has 2 amide bonds. The van der Waals surface area contributed by atoms with Crippen molar-refractivity contribution in [1.29, 1.82) is 0 Å². The van der Waals surface area contributed by atoms with E-state index in [1.54, 1.807) is 48.8 Å². The van der Waals surface area contributed by atoms with Gasteiger partial charge in [0.1, 0.15) is 12.4 Å². The Labute approximate surface area is 169 Å². The van der Waals surface area contributed by atoms with Gasteiger partial charge in [0, 0.05) is 36.6 Å². The summed E-state index contributed by atoms with van der Waals surface area (Å²) in [6, 6.07) is 20.3. The van der Waals surface area contributed by atoms with E-state index < -0.39 is 0 Å². The molecule has 148 valence electrons. The smallest absolute Gasteiger partial charge is 0.251 e. The standard InChI is InChI=1S/C23H23N3O3/c27-22(25-13-4-14-26-23(28)20-11-15-24-16-12-20)19-7-9-21(10-8-19)29-17-18-5-2-1-3-6-18/h1-3,5-12,15-16H,4,13-14,17H2,(H,25,27)(H,26,28). The van der Waals surface area contributed by atoms with Crippen molar-refractivity contribution >= 4 is 11.8 Å². The van der Waals surface area contributed by atoms with Gasteiger partial charge in [-0.15, -0.1) is 0 Å². The van der Waals surface area contributed by atoms with Gasteiger partial charge in [0.25, 0.3) is 11.8 Å². The summed E-state index contributed by atoms with van der Waals surface area (Å²) in [5.41, 5.74) is 2.22.